The van der Waals surface area contributed by atoms with E-state index in [1.54, 1.807) is 0 Å². The summed E-state index contributed by atoms with van der Waals surface area (Å²) in [5.41, 5.74) is 10.3. The quantitative estimate of drug-likeness (QED) is 0.302. The van der Waals surface area contributed by atoms with E-state index in [1.165, 1.54) is 0 Å². The number of carbonyl (C=O) groups is 1. The summed E-state index contributed by atoms with van der Waals surface area (Å²) in [6.07, 6.45) is -2.15. The van der Waals surface area contributed by atoms with Crippen LogP contribution >= 0.6 is 0 Å². The Labute approximate surface area is 74.7 Å². The van der Waals surface area contributed by atoms with Gasteiger partial charge in [0.05, 0.1) is 24.8 Å². The Bertz CT molecular complexity index is 200. The number of amides is 2. The number of rotatable bonds is 1. The third-order valence-electron chi connectivity index (χ3n) is 1.91. The van der Waals surface area contributed by atoms with Crippen molar-refractivity contribution in [2.75, 3.05) is 6.61 Å². The van der Waals surface area contributed by atoms with Gasteiger partial charge in [-0.05, 0) is 0 Å². The highest BCUT2D eigenvalue weighted by molar-refractivity contribution is 5.72. The molecule has 1 rings (SSSR count). The average Bonchev–Trinajstić information content (AvgIpc) is 2.05. The highest BCUT2D eigenvalue weighted by atomic mass is 16.6. The first-order valence-corrected chi connectivity index (χ1v) is 3.81. The number of aliphatic hydroxyl groups excluding tert-OH is 2. The van der Waals surface area contributed by atoms with Crippen LogP contribution in [0.1, 0.15) is 0 Å². The molecule has 0 aromatic rings. The number of hydrogen-bond donors (Lipinski definition) is 5. The van der Waals surface area contributed by atoms with Gasteiger partial charge in [0, 0.05) is 0 Å². The molecule has 1 fully saturated rings. The molecule has 7 nitrogen and oxygen atoms in total. The fraction of sp³-hybridized carbons (Fsp3) is 0.833. The van der Waals surface area contributed by atoms with E-state index in [-0.39, 0.29) is 6.61 Å². The van der Waals surface area contributed by atoms with Crippen LogP contribution in [0.2, 0.25) is 0 Å². The molecular weight excluding hydrogens is 178 g/mol. The van der Waals surface area contributed by atoms with Crippen LogP contribution in [0.25, 0.3) is 0 Å². The van der Waals surface area contributed by atoms with Crippen LogP contribution in [0.3, 0.4) is 0 Å². The molecule has 0 spiro atoms. The SMILES string of the molecule is NC(=O)NC1C(O)OCC(O)C1N. The molecule has 76 valence electrons. The second kappa shape index (κ2) is 3.88. The zero-order valence-corrected chi connectivity index (χ0v) is 6.88. The lowest BCUT2D eigenvalue weighted by Crippen LogP contribution is -2.64. The van der Waals surface area contributed by atoms with Crippen LogP contribution in [-0.4, -0.2) is 47.3 Å². The Hall–Kier alpha value is -0.890. The molecule has 1 aliphatic heterocycles. The van der Waals surface area contributed by atoms with Crippen molar-refractivity contribution in [2.45, 2.75) is 24.5 Å². The van der Waals surface area contributed by atoms with E-state index in [0.29, 0.717) is 0 Å². The van der Waals surface area contributed by atoms with Crippen LogP contribution in [0.4, 0.5) is 4.79 Å². The molecule has 1 saturated heterocycles. The normalized spacial score (nSPS) is 39.9. The van der Waals surface area contributed by atoms with Gasteiger partial charge >= 0.3 is 6.03 Å². The Kier molecular flexibility index (Phi) is 3.04. The van der Waals surface area contributed by atoms with Crippen molar-refractivity contribution in [3.8, 4) is 0 Å². The number of hydrogen-bond acceptors (Lipinski definition) is 5. The molecule has 1 heterocycles. The fourth-order valence-corrected chi connectivity index (χ4v) is 1.17. The first kappa shape index (κ1) is 10.2. The fourth-order valence-electron chi connectivity index (χ4n) is 1.17. The summed E-state index contributed by atoms with van der Waals surface area (Å²) < 4.78 is 4.73. The summed E-state index contributed by atoms with van der Waals surface area (Å²) >= 11 is 0. The van der Waals surface area contributed by atoms with Gasteiger partial charge < -0.3 is 31.7 Å². The summed E-state index contributed by atoms with van der Waals surface area (Å²) in [6.45, 7) is -0.0563. The molecule has 0 aromatic carbocycles. The average molecular weight is 191 g/mol. The molecule has 1 aliphatic rings. The third-order valence-corrected chi connectivity index (χ3v) is 1.91. The number of nitrogens with two attached hydrogens (primary N) is 2. The molecular formula is C6H13N3O4. The molecule has 0 saturated carbocycles. The maximum atomic E-state index is 10.5. The molecule has 2 amide bonds. The highest BCUT2D eigenvalue weighted by Gasteiger charge is 2.37. The Morgan fingerprint density at radius 3 is 2.69 bits per heavy atom. The van der Waals surface area contributed by atoms with Crippen molar-refractivity contribution in [1.82, 2.24) is 5.32 Å². The van der Waals surface area contributed by atoms with Gasteiger partial charge in [-0.25, -0.2) is 4.79 Å². The zero-order valence-electron chi connectivity index (χ0n) is 6.88. The summed E-state index contributed by atoms with van der Waals surface area (Å²) in [7, 11) is 0. The van der Waals surface area contributed by atoms with E-state index in [2.05, 4.69) is 5.32 Å². The summed E-state index contributed by atoms with van der Waals surface area (Å²) in [5, 5.41) is 20.6. The largest absolute Gasteiger partial charge is 0.389 e. The molecule has 0 radical (unpaired) electrons. The monoisotopic (exact) mass is 191 g/mol. The minimum absolute atomic E-state index is 0.0563. The number of primary amides is 1. The second-order valence-corrected chi connectivity index (χ2v) is 2.90. The Morgan fingerprint density at radius 2 is 2.15 bits per heavy atom. The van der Waals surface area contributed by atoms with Gasteiger partial charge in [0.1, 0.15) is 0 Å². The molecule has 4 atom stereocenters. The van der Waals surface area contributed by atoms with Crippen LogP contribution in [-0.2, 0) is 4.74 Å². The van der Waals surface area contributed by atoms with Gasteiger partial charge in [0.2, 0.25) is 0 Å². The van der Waals surface area contributed by atoms with Gasteiger partial charge in [-0.3, -0.25) is 0 Å². The first-order valence-electron chi connectivity index (χ1n) is 3.81. The number of carbonyl (C=O) groups excluding carboxylic acids is 1. The van der Waals surface area contributed by atoms with Gasteiger partial charge in [-0.2, -0.15) is 0 Å². The zero-order chi connectivity index (χ0) is 10.0. The topological polar surface area (TPSA) is 131 Å². The van der Waals surface area contributed by atoms with Crippen LogP contribution in [0.5, 0.6) is 0 Å². The smallest absolute Gasteiger partial charge is 0.312 e. The molecule has 0 aromatic heterocycles. The second-order valence-electron chi connectivity index (χ2n) is 2.90. The molecule has 13 heavy (non-hydrogen) atoms. The molecule has 7 heteroatoms. The van der Waals surface area contributed by atoms with Crippen LogP contribution < -0.4 is 16.8 Å². The van der Waals surface area contributed by atoms with Crippen LogP contribution in [0, 0.1) is 0 Å². The Balaban J connectivity index is 2.60. The van der Waals surface area contributed by atoms with E-state index in [1.807, 2.05) is 0 Å². The van der Waals surface area contributed by atoms with Crippen molar-refractivity contribution < 1.29 is 19.7 Å². The number of nitrogens with one attached hydrogen (secondary N) is 1. The van der Waals surface area contributed by atoms with Gasteiger partial charge in [-0.1, -0.05) is 0 Å². The molecule has 4 unspecified atom stereocenters. The molecule has 0 bridgehead atoms. The van der Waals surface area contributed by atoms with Gasteiger partial charge in [0.25, 0.3) is 0 Å². The van der Waals surface area contributed by atoms with E-state index >= 15 is 0 Å². The summed E-state index contributed by atoms with van der Waals surface area (Å²) in [4.78, 5) is 10.5. The van der Waals surface area contributed by atoms with Gasteiger partial charge in [-0.15, -0.1) is 0 Å². The number of ether oxygens (including phenoxy) is 1. The van der Waals surface area contributed by atoms with Crippen molar-refractivity contribution >= 4 is 6.03 Å². The molecule has 0 aliphatic carbocycles. The number of aliphatic hydroxyl groups is 2. The third kappa shape index (κ3) is 2.28. The lowest BCUT2D eigenvalue weighted by atomic mass is 10.0. The summed E-state index contributed by atoms with van der Waals surface area (Å²) in [6, 6.07) is -2.48. The van der Waals surface area contributed by atoms with Crippen molar-refractivity contribution in [2.24, 2.45) is 11.5 Å². The van der Waals surface area contributed by atoms with E-state index in [4.69, 9.17) is 16.2 Å². The van der Waals surface area contributed by atoms with Crippen molar-refractivity contribution in [1.29, 1.82) is 0 Å². The molecule has 7 N–H and O–H groups in total. The predicted octanol–water partition coefficient (Wildman–Crippen LogP) is -2.94. The van der Waals surface area contributed by atoms with E-state index in [0.717, 1.165) is 0 Å². The van der Waals surface area contributed by atoms with E-state index in [9.17, 15) is 15.0 Å². The lowest BCUT2D eigenvalue weighted by Gasteiger charge is -2.36. The maximum Gasteiger partial charge on any atom is 0.312 e. The standard InChI is InChI=1S/C6H13N3O4/c7-3-2(10)1-13-5(11)4(3)9-6(8)12/h2-5,10-11H,1,7H2,(H3,8,9,12). The van der Waals surface area contributed by atoms with Crippen molar-refractivity contribution in [3.63, 3.8) is 0 Å². The van der Waals surface area contributed by atoms with Gasteiger partial charge in [0.15, 0.2) is 6.29 Å². The minimum Gasteiger partial charge on any atom is -0.389 e. The Morgan fingerprint density at radius 1 is 1.54 bits per heavy atom. The number of urea groups is 1. The predicted molar refractivity (Wildman–Crippen MR) is 42.4 cm³/mol. The first-order chi connectivity index (χ1) is 6.02. The van der Waals surface area contributed by atoms with Crippen molar-refractivity contribution in [3.05, 3.63) is 0 Å². The lowest BCUT2D eigenvalue weighted by molar-refractivity contribution is -0.177. The van der Waals surface area contributed by atoms with Crippen LogP contribution in [0.15, 0.2) is 0 Å². The van der Waals surface area contributed by atoms with E-state index < -0.39 is 30.5 Å². The summed E-state index contributed by atoms with van der Waals surface area (Å²) in [5.74, 6) is 0. The highest BCUT2D eigenvalue weighted by Crippen LogP contribution is 2.11. The maximum absolute atomic E-state index is 10.5. The minimum atomic E-state index is -1.23.